The summed E-state index contributed by atoms with van der Waals surface area (Å²) in [7, 11) is 2.23. The van der Waals surface area contributed by atoms with Gasteiger partial charge in [-0.3, -0.25) is 9.88 Å². The van der Waals surface area contributed by atoms with E-state index in [9.17, 15) is 0 Å². The summed E-state index contributed by atoms with van der Waals surface area (Å²) in [4.78, 5) is 6.85. The van der Waals surface area contributed by atoms with Crippen LogP contribution in [-0.4, -0.2) is 23.0 Å². The fourth-order valence-electron chi connectivity index (χ4n) is 2.56. The SMILES string of the molecule is CN(Cc1ccccn1)[C@H]1CC[C@H](C)CC1. The average molecular weight is 218 g/mol. The second-order valence-electron chi connectivity index (χ2n) is 5.15. The van der Waals surface area contributed by atoms with Gasteiger partial charge < -0.3 is 0 Å². The highest BCUT2D eigenvalue weighted by molar-refractivity contribution is 5.03. The zero-order valence-electron chi connectivity index (χ0n) is 10.4. The Labute approximate surface area is 98.7 Å². The number of hydrogen-bond donors (Lipinski definition) is 0. The summed E-state index contributed by atoms with van der Waals surface area (Å²) in [6, 6.07) is 6.92. The van der Waals surface area contributed by atoms with E-state index in [-0.39, 0.29) is 0 Å². The van der Waals surface area contributed by atoms with Crippen LogP contribution in [0.15, 0.2) is 24.4 Å². The molecule has 1 aliphatic rings. The van der Waals surface area contributed by atoms with Gasteiger partial charge in [0.05, 0.1) is 5.69 Å². The van der Waals surface area contributed by atoms with Crippen molar-refractivity contribution in [2.75, 3.05) is 7.05 Å². The summed E-state index contributed by atoms with van der Waals surface area (Å²) >= 11 is 0. The molecular weight excluding hydrogens is 196 g/mol. The number of nitrogens with zero attached hydrogens (tertiary/aromatic N) is 2. The zero-order chi connectivity index (χ0) is 11.4. The van der Waals surface area contributed by atoms with Gasteiger partial charge >= 0.3 is 0 Å². The summed E-state index contributed by atoms with van der Waals surface area (Å²) in [6.07, 6.45) is 7.36. The quantitative estimate of drug-likeness (QED) is 0.775. The summed E-state index contributed by atoms with van der Waals surface area (Å²) in [6.45, 7) is 3.36. The maximum absolute atomic E-state index is 4.39. The molecule has 0 unspecified atom stereocenters. The van der Waals surface area contributed by atoms with E-state index in [1.165, 1.54) is 31.4 Å². The highest BCUT2D eigenvalue weighted by Gasteiger charge is 2.21. The molecule has 2 rings (SSSR count). The third-order valence-electron chi connectivity index (χ3n) is 3.75. The molecule has 0 amide bonds. The van der Waals surface area contributed by atoms with Crippen LogP contribution in [0, 0.1) is 5.92 Å². The van der Waals surface area contributed by atoms with Crippen LogP contribution in [0.3, 0.4) is 0 Å². The molecule has 88 valence electrons. The molecule has 2 heteroatoms. The van der Waals surface area contributed by atoms with E-state index in [0.29, 0.717) is 0 Å². The molecule has 0 spiro atoms. The maximum atomic E-state index is 4.39. The van der Waals surface area contributed by atoms with Crippen molar-refractivity contribution in [3.05, 3.63) is 30.1 Å². The van der Waals surface area contributed by atoms with Crippen LogP contribution < -0.4 is 0 Å². The number of hydrogen-bond acceptors (Lipinski definition) is 2. The van der Waals surface area contributed by atoms with Crippen molar-refractivity contribution < 1.29 is 0 Å². The lowest BCUT2D eigenvalue weighted by Crippen LogP contribution is -2.34. The third-order valence-corrected chi connectivity index (χ3v) is 3.75. The Hall–Kier alpha value is -0.890. The van der Waals surface area contributed by atoms with Gasteiger partial charge in [-0.1, -0.05) is 13.0 Å². The average Bonchev–Trinajstić information content (AvgIpc) is 2.31. The van der Waals surface area contributed by atoms with Crippen molar-refractivity contribution >= 4 is 0 Å². The van der Waals surface area contributed by atoms with Crippen molar-refractivity contribution in [3.63, 3.8) is 0 Å². The largest absolute Gasteiger partial charge is 0.298 e. The Morgan fingerprint density at radius 2 is 2.00 bits per heavy atom. The minimum absolute atomic E-state index is 0.762. The molecule has 1 fully saturated rings. The lowest BCUT2D eigenvalue weighted by atomic mass is 9.87. The molecule has 1 saturated carbocycles. The van der Waals surface area contributed by atoms with Crippen LogP contribution in [0.4, 0.5) is 0 Å². The lowest BCUT2D eigenvalue weighted by molar-refractivity contribution is 0.162. The van der Waals surface area contributed by atoms with Gasteiger partial charge in [-0.15, -0.1) is 0 Å². The molecule has 0 atom stereocenters. The number of rotatable bonds is 3. The van der Waals surface area contributed by atoms with Gasteiger partial charge in [0.25, 0.3) is 0 Å². The smallest absolute Gasteiger partial charge is 0.0543 e. The van der Waals surface area contributed by atoms with Gasteiger partial charge in [0.15, 0.2) is 0 Å². The van der Waals surface area contributed by atoms with Crippen molar-refractivity contribution in [2.45, 2.75) is 45.2 Å². The maximum Gasteiger partial charge on any atom is 0.0543 e. The molecule has 2 nitrogen and oxygen atoms in total. The highest BCUT2D eigenvalue weighted by atomic mass is 15.1. The first-order valence-electron chi connectivity index (χ1n) is 6.36. The fourth-order valence-corrected chi connectivity index (χ4v) is 2.56. The Kier molecular flexibility index (Phi) is 3.94. The van der Waals surface area contributed by atoms with Crippen molar-refractivity contribution in [1.29, 1.82) is 0 Å². The molecule has 0 aliphatic heterocycles. The zero-order valence-corrected chi connectivity index (χ0v) is 10.4. The Morgan fingerprint density at radius 3 is 2.62 bits per heavy atom. The van der Waals surface area contributed by atoms with Crippen molar-refractivity contribution in [3.8, 4) is 0 Å². The van der Waals surface area contributed by atoms with E-state index in [1.54, 1.807) is 0 Å². The van der Waals surface area contributed by atoms with Gasteiger partial charge in [-0.2, -0.15) is 0 Å². The number of pyridine rings is 1. The Bertz CT molecular complexity index is 302. The van der Waals surface area contributed by atoms with Gasteiger partial charge in [-0.25, -0.2) is 0 Å². The van der Waals surface area contributed by atoms with Crippen LogP contribution in [0.1, 0.15) is 38.3 Å². The molecule has 1 aromatic heterocycles. The summed E-state index contributed by atoms with van der Waals surface area (Å²) in [5.74, 6) is 0.930. The third kappa shape index (κ3) is 3.05. The molecule has 1 aliphatic carbocycles. The molecule has 1 heterocycles. The van der Waals surface area contributed by atoms with E-state index in [0.717, 1.165) is 18.5 Å². The minimum Gasteiger partial charge on any atom is -0.298 e. The predicted octanol–water partition coefficient (Wildman–Crippen LogP) is 3.09. The van der Waals surface area contributed by atoms with Gasteiger partial charge in [0, 0.05) is 18.8 Å². The molecular formula is C14H22N2. The second-order valence-corrected chi connectivity index (χ2v) is 5.15. The first-order chi connectivity index (χ1) is 7.75. The molecule has 0 radical (unpaired) electrons. The van der Waals surface area contributed by atoms with E-state index >= 15 is 0 Å². The molecule has 0 aromatic carbocycles. The standard InChI is InChI=1S/C14H22N2/c1-12-6-8-14(9-7-12)16(2)11-13-5-3-4-10-15-13/h3-5,10,12,14H,6-9,11H2,1-2H3/t12-,14-. The first-order valence-corrected chi connectivity index (χ1v) is 6.36. The highest BCUT2D eigenvalue weighted by Crippen LogP contribution is 2.26. The lowest BCUT2D eigenvalue weighted by Gasteiger charge is -2.33. The van der Waals surface area contributed by atoms with E-state index in [1.807, 2.05) is 12.3 Å². The van der Waals surface area contributed by atoms with Crippen LogP contribution in [0.2, 0.25) is 0 Å². The molecule has 0 saturated heterocycles. The van der Waals surface area contributed by atoms with Crippen LogP contribution in [-0.2, 0) is 6.54 Å². The second kappa shape index (κ2) is 5.44. The van der Waals surface area contributed by atoms with E-state index in [4.69, 9.17) is 0 Å². The minimum atomic E-state index is 0.762. The van der Waals surface area contributed by atoms with Gasteiger partial charge in [0.1, 0.15) is 0 Å². The van der Waals surface area contributed by atoms with E-state index in [2.05, 4.69) is 36.0 Å². The monoisotopic (exact) mass is 218 g/mol. The first kappa shape index (κ1) is 11.6. The Balaban J connectivity index is 1.86. The Morgan fingerprint density at radius 1 is 1.25 bits per heavy atom. The molecule has 1 aromatic rings. The predicted molar refractivity (Wildman–Crippen MR) is 67.1 cm³/mol. The summed E-state index contributed by atoms with van der Waals surface area (Å²) < 4.78 is 0. The number of aromatic nitrogens is 1. The topological polar surface area (TPSA) is 16.1 Å². The van der Waals surface area contributed by atoms with Crippen molar-refractivity contribution in [1.82, 2.24) is 9.88 Å². The van der Waals surface area contributed by atoms with E-state index < -0.39 is 0 Å². The van der Waals surface area contributed by atoms with Crippen LogP contribution in [0.5, 0.6) is 0 Å². The van der Waals surface area contributed by atoms with Gasteiger partial charge in [0.2, 0.25) is 0 Å². The van der Waals surface area contributed by atoms with Crippen LogP contribution >= 0.6 is 0 Å². The molecule has 0 N–H and O–H groups in total. The van der Waals surface area contributed by atoms with Gasteiger partial charge in [-0.05, 0) is 50.8 Å². The summed E-state index contributed by atoms with van der Waals surface area (Å²) in [5, 5.41) is 0. The molecule has 0 bridgehead atoms. The van der Waals surface area contributed by atoms with Crippen LogP contribution in [0.25, 0.3) is 0 Å². The summed E-state index contributed by atoms with van der Waals surface area (Å²) in [5.41, 5.74) is 1.18. The molecule has 16 heavy (non-hydrogen) atoms. The van der Waals surface area contributed by atoms with Crippen molar-refractivity contribution in [2.24, 2.45) is 5.92 Å². The fraction of sp³-hybridized carbons (Fsp3) is 0.643. The normalized spacial score (nSPS) is 25.9.